The van der Waals surface area contributed by atoms with Crippen LogP contribution in [0.2, 0.25) is 0 Å². The predicted octanol–water partition coefficient (Wildman–Crippen LogP) is 3.81. The van der Waals surface area contributed by atoms with Crippen LogP contribution < -0.4 is 11.1 Å². The van der Waals surface area contributed by atoms with Gasteiger partial charge in [0.05, 0.1) is 11.4 Å². The number of anilines is 2. The summed E-state index contributed by atoms with van der Waals surface area (Å²) in [7, 11) is 1.91. The highest BCUT2D eigenvalue weighted by atomic mass is 35.5. The zero-order chi connectivity index (χ0) is 10.6. The molecule has 16 heavy (non-hydrogen) atoms. The molecule has 0 aliphatic carbocycles. The lowest BCUT2D eigenvalue weighted by Crippen LogP contribution is -2.00. The molecule has 0 fully saturated rings. The van der Waals surface area contributed by atoms with E-state index in [1.807, 2.05) is 7.05 Å². The van der Waals surface area contributed by atoms with Crippen LogP contribution in [0.1, 0.15) is 30.9 Å². The Balaban J connectivity index is 0. The third-order valence-electron chi connectivity index (χ3n) is 2.53. The lowest BCUT2D eigenvalue weighted by atomic mass is 10.0. The number of aryl methyl sites for hydroxylation is 2. The molecule has 0 spiro atoms. The van der Waals surface area contributed by atoms with Crippen LogP contribution in [-0.4, -0.2) is 7.05 Å². The van der Waals surface area contributed by atoms with Gasteiger partial charge in [0.2, 0.25) is 0 Å². The summed E-state index contributed by atoms with van der Waals surface area (Å²) in [6, 6.07) is 4.34. The van der Waals surface area contributed by atoms with Crippen molar-refractivity contribution < 1.29 is 0 Å². The fourth-order valence-corrected chi connectivity index (χ4v) is 1.61. The number of nitrogen functional groups attached to an aromatic ring is 1. The molecule has 0 atom stereocenters. The zero-order valence-electron chi connectivity index (χ0n) is 10.2. The molecule has 4 heteroatoms. The van der Waals surface area contributed by atoms with Crippen LogP contribution >= 0.6 is 24.8 Å². The van der Waals surface area contributed by atoms with Gasteiger partial charge in [-0.05, 0) is 37.0 Å². The SMILES string of the molecule is CCCCc1cc(C)c(N)c(NC)c1.Cl.Cl. The van der Waals surface area contributed by atoms with E-state index in [9.17, 15) is 0 Å². The summed E-state index contributed by atoms with van der Waals surface area (Å²) in [5.41, 5.74) is 10.4. The summed E-state index contributed by atoms with van der Waals surface area (Å²) in [4.78, 5) is 0. The second kappa shape index (κ2) is 8.54. The molecule has 3 N–H and O–H groups in total. The summed E-state index contributed by atoms with van der Waals surface area (Å²) >= 11 is 0. The summed E-state index contributed by atoms with van der Waals surface area (Å²) < 4.78 is 0. The van der Waals surface area contributed by atoms with E-state index >= 15 is 0 Å². The van der Waals surface area contributed by atoms with Crippen molar-refractivity contribution >= 4 is 36.2 Å². The molecule has 0 radical (unpaired) electrons. The Hall–Kier alpha value is -0.600. The molecule has 1 rings (SSSR count). The minimum atomic E-state index is 0. The Morgan fingerprint density at radius 1 is 1.25 bits per heavy atom. The molecule has 0 saturated heterocycles. The van der Waals surface area contributed by atoms with Gasteiger partial charge in [-0.1, -0.05) is 19.4 Å². The van der Waals surface area contributed by atoms with Gasteiger partial charge in [0, 0.05) is 7.05 Å². The molecule has 0 aromatic heterocycles. The number of nitrogens with two attached hydrogens (primary N) is 1. The van der Waals surface area contributed by atoms with Gasteiger partial charge in [-0.2, -0.15) is 0 Å². The Labute approximate surface area is 111 Å². The van der Waals surface area contributed by atoms with Crippen molar-refractivity contribution in [2.75, 3.05) is 18.1 Å². The average Bonchev–Trinajstić information content (AvgIpc) is 2.19. The van der Waals surface area contributed by atoms with Gasteiger partial charge in [-0.3, -0.25) is 0 Å². The van der Waals surface area contributed by atoms with Crippen molar-refractivity contribution in [3.8, 4) is 0 Å². The van der Waals surface area contributed by atoms with Gasteiger partial charge < -0.3 is 11.1 Å². The van der Waals surface area contributed by atoms with E-state index in [0.29, 0.717) is 0 Å². The van der Waals surface area contributed by atoms with Crippen molar-refractivity contribution in [2.24, 2.45) is 0 Å². The maximum absolute atomic E-state index is 5.93. The molecule has 0 bridgehead atoms. The molecule has 0 saturated carbocycles. The second-order valence-electron chi connectivity index (χ2n) is 3.73. The van der Waals surface area contributed by atoms with Gasteiger partial charge >= 0.3 is 0 Å². The first-order chi connectivity index (χ1) is 6.69. The Morgan fingerprint density at radius 3 is 2.38 bits per heavy atom. The lowest BCUT2D eigenvalue weighted by molar-refractivity contribution is 0.795. The van der Waals surface area contributed by atoms with Crippen molar-refractivity contribution in [1.29, 1.82) is 0 Å². The summed E-state index contributed by atoms with van der Waals surface area (Å²) in [5, 5.41) is 3.13. The van der Waals surface area contributed by atoms with E-state index in [2.05, 4.69) is 31.3 Å². The third-order valence-corrected chi connectivity index (χ3v) is 2.53. The normalized spacial score (nSPS) is 8.94. The monoisotopic (exact) mass is 264 g/mol. The first-order valence-electron chi connectivity index (χ1n) is 5.25. The van der Waals surface area contributed by atoms with Gasteiger partial charge in [0.15, 0.2) is 0 Å². The van der Waals surface area contributed by atoms with Crippen LogP contribution in [-0.2, 0) is 6.42 Å². The van der Waals surface area contributed by atoms with Crippen LogP contribution in [0, 0.1) is 6.92 Å². The molecule has 0 heterocycles. The topological polar surface area (TPSA) is 38.0 Å². The maximum atomic E-state index is 5.93. The molecule has 2 nitrogen and oxygen atoms in total. The molecule has 94 valence electrons. The van der Waals surface area contributed by atoms with Gasteiger partial charge in [-0.15, -0.1) is 24.8 Å². The van der Waals surface area contributed by atoms with Crippen LogP contribution in [0.25, 0.3) is 0 Å². The fraction of sp³-hybridized carbons (Fsp3) is 0.500. The fourth-order valence-electron chi connectivity index (χ4n) is 1.61. The molecule has 0 unspecified atom stereocenters. The second-order valence-corrected chi connectivity index (χ2v) is 3.73. The van der Waals surface area contributed by atoms with E-state index < -0.39 is 0 Å². The van der Waals surface area contributed by atoms with Crippen LogP contribution in [0.3, 0.4) is 0 Å². The van der Waals surface area contributed by atoms with Crippen molar-refractivity contribution in [3.63, 3.8) is 0 Å². The predicted molar refractivity (Wildman–Crippen MR) is 78.2 cm³/mol. The van der Waals surface area contributed by atoms with E-state index in [4.69, 9.17) is 5.73 Å². The minimum Gasteiger partial charge on any atom is -0.397 e. The highest BCUT2D eigenvalue weighted by Gasteiger charge is 2.03. The first-order valence-corrected chi connectivity index (χ1v) is 5.25. The third kappa shape index (κ3) is 4.50. The largest absolute Gasteiger partial charge is 0.397 e. The number of hydrogen-bond acceptors (Lipinski definition) is 2. The van der Waals surface area contributed by atoms with Gasteiger partial charge in [0.1, 0.15) is 0 Å². The van der Waals surface area contributed by atoms with Crippen LogP contribution in [0.5, 0.6) is 0 Å². The Kier molecular flexibility index (Phi) is 9.49. The van der Waals surface area contributed by atoms with Crippen molar-refractivity contribution in [1.82, 2.24) is 0 Å². The van der Waals surface area contributed by atoms with E-state index in [-0.39, 0.29) is 24.8 Å². The average molecular weight is 265 g/mol. The minimum absolute atomic E-state index is 0. The molecule has 0 amide bonds. The number of hydrogen-bond donors (Lipinski definition) is 2. The Bertz CT molecular complexity index is 314. The van der Waals surface area contributed by atoms with Crippen LogP contribution in [0.4, 0.5) is 11.4 Å². The summed E-state index contributed by atoms with van der Waals surface area (Å²) in [6.45, 7) is 4.27. The van der Waals surface area contributed by atoms with E-state index in [1.165, 1.54) is 24.0 Å². The number of benzene rings is 1. The molecule has 1 aromatic rings. The van der Waals surface area contributed by atoms with E-state index in [1.54, 1.807) is 0 Å². The van der Waals surface area contributed by atoms with Gasteiger partial charge in [-0.25, -0.2) is 0 Å². The van der Waals surface area contributed by atoms with E-state index in [0.717, 1.165) is 17.8 Å². The zero-order valence-corrected chi connectivity index (χ0v) is 11.8. The number of unbranched alkanes of at least 4 members (excludes halogenated alkanes) is 1. The highest BCUT2D eigenvalue weighted by molar-refractivity contribution is 5.85. The van der Waals surface area contributed by atoms with Crippen molar-refractivity contribution in [3.05, 3.63) is 23.3 Å². The lowest BCUT2D eigenvalue weighted by Gasteiger charge is -2.11. The standard InChI is InChI=1S/C12H20N2.2ClH/c1-4-5-6-10-7-9(2)12(13)11(8-10)14-3;;/h7-8,14H,4-6,13H2,1-3H3;2*1H. The quantitative estimate of drug-likeness (QED) is 0.812. The number of nitrogens with one attached hydrogen (secondary N) is 1. The van der Waals surface area contributed by atoms with Crippen LogP contribution in [0.15, 0.2) is 12.1 Å². The number of halogens is 2. The molecule has 0 aliphatic rings. The summed E-state index contributed by atoms with van der Waals surface area (Å²) in [5.74, 6) is 0. The first kappa shape index (κ1) is 17.8. The van der Waals surface area contributed by atoms with Gasteiger partial charge in [0.25, 0.3) is 0 Å². The number of rotatable bonds is 4. The maximum Gasteiger partial charge on any atom is 0.0579 e. The molecule has 0 aliphatic heterocycles. The summed E-state index contributed by atoms with van der Waals surface area (Å²) in [6.07, 6.45) is 3.62. The molecular weight excluding hydrogens is 243 g/mol. The molecule has 1 aromatic carbocycles. The molecular formula is C12H22Cl2N2. The smallest absolute Gasteiger partial charge is 0.0579 e. The van der Waals surface area contributed by atoms with Crippen molar-refractivity contribution in [2.45, 2.75) is 33.1 Å². The Morgan fingerprint density at radius 2 is 1.88 bits per heavy atom. The highest BCUT2D eigenvalue weighted by Crippen LogP contribution is 2.24.